The molecular weight excluding hydrogens is 272 g/mol. The Kier molecular flexibility index (Phi) is 6.44. The molecule has 8 heteroatoms. The first-order valence-electron chi connectivity index (χ1n) is 6.03. The Morgan fingerprint density at radius 3 is 2.26 bits per heavy atom. The molecule has 0 aromatic rings. The van der Waals surface area contributed by atoms with Crippen LogP contribution in [0.2, 0.25) is 0 Å². The minimum absolute atomic E-state index is 0.0524. The van der Waals surface area contributed by atoms with Gasteiger partial charge >= 0.3 is 5.97 Å². The molecule has 112 valence electrons. The molecule has 0 bridgehead atoms. The highest BCUT2D eigenvalue weighted by molar-refractivity contribution is 7.89. The molecule has 7 nitrogen and oxygen atoms in total. The van der Waals surface area contributed by atoms with Gasteiger partial charge in [-0.1, -0.05) is 6.92 Å². The van der Waals surface area contributed by atoms with Gasteiger partial charge in [0, 0.05) is 5.54 Å². The molecule has 0 aromatic heterocycles. The van der Waals surface area contributed by atoms with Crippen molar-refractivity contribution >= 4 is 21.9 Å². The lowest BCUT2D eigenvalue weighted by Gasteiger charge is -2.26. The lowest BCUT2D eigenvalue weighted by molar-refractivity contribution is -0.138. The van der Waals surface area contributed by atoms with E-state index in [4.69, 9.17) is 5.11 Å². The van der Waals surface area contributed by atoms with E-state index in [1.807, 2.05) is 0 Å². The largest absolute Gasteiger partial charge is 0.481 e. The van der Waals surface area contributed by atoms with Crippen LogP contribution >= 0.6 is 0 Å². The number of carboxylic acid groups (broad SMARTS) is 1. The summed E-state index contributed by atoms with van der Waals surface area (Å²) in [7, 11) is -3.48. The fraction of sp³-hybridized carbons (Fsp3) is 0.818. The van der Waals surface area contributed by atoms with Crippen molar-refractivity contribution in [2.24, 2.45) is 0 Å². The van der Waals surface area contributed by atoms with Crippen LogP contribution < -0.4 is 10.0 Å². The Bertz CT molecular complexity index is 430. The Labute approximate surface area is 113 Å². The number of rotatable bonds is 8. The number of carbonyl (C=O) groups is 2. The summed E-state index contributed by atoms with van der Waals surface area (Å²) in [4.78, 5) is 22.4. The number of hydrogen-bond donors (Lipinski definition) is 3. The summed E-state index contributed by atoms with van der Waals surface area (Å²) in [5.74, 6) is -1.64. The second kappa shape index (κ2) is 6.85. The quantitative estimate of drug-likeness (QED) is 0.586. The normalized spacial score (nSPS) is 13.9. The third-order valence-corrected chi connectivity index (χ3v) is 3.94. The first-order chi connectivity index (χ1) is 8.49. The van der Waals surface area contributed by atoms with Gasteiger partial charge in [0.25, 0.3) is 0 Å². The fourth-order valence-corrected chi connectivity index (χ4v) is 2.82. The monoisotopic (exact) mass is 294 g/mol. The first kappa shape index (κ1) is 17.8. The molecule has 0 aliphatic heterocycles. The number of carboxylic acids is 1. The van der Waals surface area contributed by atoms with Crippen LogP contribution in [0.25, 0.3) is 0 Å². The van der Waals surface area contributed by atoms with E-state index in [1.165, 1.54) is 6.92 Å². The van der Waals surface area contributed by atoms with Gasteiger partial charge in [-0.3, -0.25) is 9.59 Å². The van der Waals surface area contributed by atoms with E-state index in [9.17, 15) is 18.0 Å². The highest BCUT2D eigenvalue weighted by atomic mass is 32.2. The van der Waals surface area contributed by atoms with Gasteiger partial charge in [0.2, 0.25) is 15.9 Å². The number of amides is 1. The molecular formula is C11H22N2O5S. The fourth-order valence-electron chi connectivity index (χ4n) is 1.51. The van der Waals surface area contributed by atoms with Gasteiger partial charge in [0.1, 0.15) is 0 Å². The first-order valence-corrected chi connectivity index (χ1v) is 7.68. The van der Waals surface area contributed by atoms with Gasteiger partial charge in [-0.15, -0.1) is 0 Å². The maximum Gasteiger partial charge on any atom is 0.305 e. The average molecular weight is 294 g/mol. The zero-order valence-electron chi connectivity index (χ0n) is 11.7. The molecule has 0 aliphatic rings. The standard InChI is InChI=1S/C11H22N2O5S/c1-5-6-19(17,18)13-8(2)10(16)12-11(3,4)7-9(14)15/h8,13H,5-7H2,1-4H3,(H,12,16)(H,14,15). The van der Waals surface area contributed by atoms with Crippen molar-refractivity contribution in [1.82, 2.24) is 10.0 Å². The molecule has 0 saturated heterocycles. The molecule has 1 unspecified atom stereocenters. The number of sulfonamides is 1. The molecule has 0 spiro atoms. The third-order valence-electron chi connectivity index (χ3n) is 2.28. The molecule has 0 aliphatic carbocycles. The van der Waals surface area contributed by atoms with Gasteiger partial charge in [0.15, 0.2) is 0 Å². The number of hydrogen-bond acceptors (Lipinski definition) is 4. The van der Waals surface area contributed by atoms with Crippen LogP contribution in [-0.4, -0.2) is 42.7 Å². The van der Waals surface area contributed by atoms with E-state index in [1.54, 1.807) is 20.8 Å². The molecule has 1 amide bonds. The Morgan fingerprint density at radius 1 is 1.32 bits per heavy atom. The average Bonchev–Trinajstić information content (AvgIpc) is 2.12. The van der Waals surface area contributed by atoms with E-state index in [2.05, 4.69) is 10.0 Å². The Morgan fingerprint density at radius 2 is 1.84 bits per heavy atom. The van der Waals surface area contributed by atoms with Gasteiger partial charge in [0.05, 0.1) is 18.2 Å². The summed E-state index contributed by atoms with van der Waals surface area (Å²) in [6.07, 6.45) is 0.210. The predicted octanol–water partition coefficient (Wildman–Crippen LogP) is 0.0738. The van der Waals surface area contributed by atoms with Crippen LogP contribution in [0.4, 0.5) is 0 Å². The third kappa shape index (κ3) is 7.78. The zero-order chi connectivity index (χ0) is 15.3. The summed E-state index contributed by atoms with van der Waals surface area (Å²) < 4.78 is 25.3. The summed E-state index contributed by atoms with van der Waals surface area (Å²) in [5.41, 5.74) is -0.937. The minimum Gasteiger partial charge on any atom is -0.481 e. The predicted molar refractivity (Wildman–Crippen MR) is 71.2 cm³/mol. The minimum atomic E-state index is -3.48. The number of aliphatic carboxylic acids is 1. The van der Waals surface area contributed by atoms with E-state index < -0.39 is 33.5 Å². The molecule has 0 fully saturated rings. The van der Waals surface area contributed by atoms with Crippen molar-refractivity contribution in [1.29, 1.82) is 0 Å². The maximum absolute atomic E-state index is 11.8. The Balaban J connectivity index is 4.55. The van der Waals surface area contributed by atoms with Crippen molar-refractivity contribution in [3.05, 3.63) is 0 Å². The van der Waals surface area contributed by atoms with Crippen LogP contribution in [-0.2, 0) is 19.6 Å². The van der Waals surface area contributed by atoms with E-state index >= 15 is 0 Å². The van der Waals surface area contributed by atoms with Crippen LogP contribution in [0.3, 0.4) is 0 Å². The maximum atomic E-state index is 11.8. The zero-order valence-corrected chi connectivity index (χ0v) is 12.5. The smallest absolute Gasteiger partial charge is 0.305 e. The van der Waals surface area contributed by atoms with Crippen molar-refractivity contribution in [3.63, 3.8) is 0 Å². The molecule has 3 N–H and O–H groups in total. The number of carbonyl (C=O) groups excluding carboxylic acids is 1. The highest BCUT2D eigenvalue weighted by Crippen LogP contribution is 2.08. The highest BCUT2D eigenvalue weighted by Gasteiger charge is 2.27. The van der Waals surface area contributed by atoms with Crippen molar-refractivity contribution in [2.45, 2.75) is 52.1 Å². The van der Waals surface area contributed by atoms with Crippen LogP contribution in [0, 0.1) is 0 Å². The van der Waals surface area contributed by atoms with Gasteiger partial charge < -0.3 is 10.4 Å². The van der Waals surface area contributed by atoms with E-state index in [0.717, 1.165) is 0 Å². The Hall–Kier alpha value is -1.15. The summed E-state index contributed by atoms with van der Waals surface area (Å²) in [5, 5.41) is 11.2. The topological polar surface area (TPSA) is 113 Å². The van der Waals surface area contributed by atoms with Crippen molar-refractivity contribution < 1.29 is 23.1 Å². The van der Waals surface area contributed by atoms with Gasteiger partial charge in [-0.05, 0) is 27.2 Å². The summed E-state index contributed by atoms with van der Waals surface area (Å²) >= 11 is 0. The van der Waals surface area contributed by atoms with Crippen molar-refractivity contribution in [3.8, 4) is 0 Å². The van der Waals surface area contributed by atoms with Crippen LogP contribution in [0.5, 0.6) is 0 Å². The second-order valence-corrected chi connectivity index (χ2v) is 6.98. The molecule has 0 saturated carbocycles. The molecule has 0 aromatic carbocycles. The SMILES string of the molecule is CCCS(=O)(=O)NC(C)C(=O)NC(C)(C)CC(=O)O. The summed E-state index contributed by atoms with van der Waals surface area (Å²) in [6.45, 7) is 6.26. The van der Waals surface area contributed by atoms with Crippen LogP contribution in [0.15, 0.2) is 0 Å². The second-order valence-electron chi connectivity index (χ2n) is 5.10. The molecule has 19 heavy (non-hydrogen) atoms. The molecule has 0 heterocycles. The van der Waals surface area contributed by atoms with E-state index in [-0.39, 0.29) is 12.2 Å². The van der Waals surface area contributed by atoms with Crippen LogP contribution in [0.1, 0.15) is 40.5 Å². The lowest BCUT2D eigenvalue weighted by atomic mass is 10.0. The lowest BCUT2D eigenvalue weighted by Crippen LogP contribution is -2.53. The molecule has 0 rings (SSSR count). The van der Waals surface area contributed by atoms with Gasteiger partial charge in [-0.2, -0.15) is 0 Å². The molecule has 0 radical (unpaired) electrons. The molecule has 1 atom stereocenters. The summed E-state index contributed by atoms with van der Waals surface area (Å²) in [6, 6.07) is -0.940. The number of nitrogens with one attached hydrogen (secondary N) is 2. The van der Waals surface area contributed by atoms with Gasteiger partial charge in [-0.25, -0.2) is 13.1 Å². The van der Waals surface area contributed by atoms with E-state index in [0.29, 0.717) is 6.42 Å². The van der Waals surface area contributed by atoms with Crippen molar-refractivity contribution in [2.75, 3.05) is 5.75 Å².